The fourth-order valence-electron chi connectivity index (χ4n) is 1.93. The smallest absolute Gasteiger partial charge is 0.491 e. The van der Waals surface area contributed by atoms with Gasteiger partial charge in [-0.2, -0.15) is 22.0 Å². The number of methoxy groups -OCH3 is 1. The van der Waals surface area contributed by atoms with Gasteiger partial charge in [0.25, 0.3) is 10.0 Å². The molecule has 6 nitrogen and oxygen atoms in total. The van der Waals surface area contributed by atoms with Gasteiger partial charge in [0.1, 0.15) is 5.75 Å². The van der Waals surface area contributed by atoms with E-state index in [1.807, 2.05) is 0 Å². The van der Waals surface area contributed by atoms with Crippen molar-refractivity contribution in [3.8, 4) is 11.5 Å². The maximum Gasteiger partial charge on any atom is 0.491 e. The number of halogens is 7. The third kappa shape index (κ3) is 4.52. The number of esters is 1. The Hall–Kier alpha value is -3.03. The van der Waals surface area contributed by atoms with Gasteiger partial charge in [0.2, 0.25) is 17.4 Å². The summed E-state index contributed by atoms with van der Waals surface area (Å²) in [6.45, 7) is 0. The average molecular weight is 447 g/mol. The van der Waals surface area contributed by atoms with Crippen LogP contribution in [0.3, 0.4) is 0 Å². The maximum absolute atomic E-state index is 14.1. The van der Waals surface area contributed by atoms with E-state index < -0.39 is 56.1 Å². The summed E-state index contributed by atoms with van der Waals surface area (Å²) in [6, 6.07) is 4.65. The molecular formula is C15H8F7NO5S. The van der Waals surface area contributed by atoms with Crippen molar-refractivity contribution in [1.29, 1.82) is 0 Å². The van der Waals surface area contributed by atoms with Gasteiger partial charge in [0, 0.05) is 5.69 Å². The summed E-state index contributed by atoms with van der Waals surface area (Å²) in [5.74, 6) is -15.8. The molecule has 2 rings (SSSR count). The predicted molar refractivity (Wildman–Crippen MR) is 81.8 cm³/mol. The molecule has 0 bridgehead atoms. The Morgan fingerprint density at radius 2 is 1.41 bits per heavy atom. The zero-order chi connectivity index (χ0) is 22.1. The van der Waals surface area contributed by atoms with Crippen LogP contribution in [0.2, 0.25) is 0 Å². The highest BCUT2D eigenvalue weighted by Gasteiger charge is 2.44. The molecule has 0 heterocycles. The lowest BCUT2D eigenvalue weighted by Crippen LogP contribution is -2.29. The zero-order valence-electron chi connectivity index (χ0n) is 13.9. The molecule has 0 spiro atoms. The lowest BCUT2D eigenvalue weighted by molar-refractivity contribution is -0.190. The number of carbonyl (C=O) groups excluding carboxylic acids is 1. The summed E-state index contributed by atoms with van der Waals surface area (Å²) in [7, 11) is -4.00. The lowest BCUT2D eigenvalue weighted by atomic mass is 10.3. The number of nitrogens with one attached hydrogen (secondary N) is 1. The lowest BCUT2D eigenvalue weighted by Gasteiger charge is -2.14. The molecule has 0 aliphatic heterocycles. The van der Waals surface area contributed by atoms with Crippen molar-refractivity contribution in [3.05, 3.63) is 47.5 Å². The monoisotopic (exact) mass is 447 g/mol. The Morgan fingerprint density at radius 1 is 0.931 bits per heavy atom. The molecule has 0 saturated heterocycles. The number of ether oxygens (including phenoxy) is 2. The topological polar surface area (TPSA) is 81.7 Å². The molecular weight excluding hydrogens is 439 g/mol. The van der Waals surface area contributed by atoms with Crippen molar-refractivity contribution in [3.63, 3.8) is 0 Å². The second-order valence-electron chi connectivity index (χ2n) is 5.14. The molecule has 2 aromatic rings. The van der Waals surface area contributed by atoms with Gasteiger partial charge in [-0.3, -0.25) is 4.72 Å². The highest BCUT2D eigenvalue weighted by Crippen LogP contribution is 2.34. The van der Waals surface area contributed by atoms with Crippen molar-refractivity contribution in [2.45, 2.75) is 11.1 Å². The Balaban J connectivity index is 2.51. The molecule has 0 aliphatic rings. The van der Waals surface area contributed by atoms with Gasteiger partial charge in [-0.05, 0) is 24.3 Å². The van der Waals surface area contributed by atoms with E-state index in [1.54, 1.807) is 4.72 Å². The maximum atomic E-state index is 14.1. The summed E-state index contributed by atoms with van der Waals surface area (Å²) in [5, 5.41) is 0. The first-order valence-corrected chi connectivity index (χ1v) is 8.59. The number of sulfonamides is 1. The van der Waals surface area contributed by atoms with Crippen LogP contribution in [0.1, 0.15) is 0 Å². The van der Waals surface area contributed by atoms with Gasteiger partial charge in [-0.25, -0.2) is 22.0 Å². The van der Waals surface area contributed by atoms with Gasteiger partial charge in [-0.15, -0.1) is 0 Å². The van der Waals surface area contributed by atoms with E-state index in [2.05, 4.69) is 4.74 Å². The molecule has 0 amide bonds. The molecule has 0 radical (unpaired) electrons. The van der Waals surface area contributed by atoms with Crippen molar-refractivity contribution >= 4 is 21.7 Å². The average Bonchev–Trinajstić information content (AvgIpc) is 2.62. The fourth-order valence-corrected chi connectivity index (χ4v) is 3.13. The zero-order valence-corrected chi connectivity index (χ0v) is 14.7. The molecule has 0 fully saturated rings. The molecule has 0 aromatic heterocycles. The number of carbonyl (C=O) groups is 1. The molecule has 0 saturated carbocycles. The predicted octanol–water partition coefficient (Wildman–Crippen LogP) is 3.52. The summed E-state index contributed by atoms with van der Waals surface area (Å²) in [4.78, 5) is 8.50. The largest absolute Gasteiger partial charge is 0.497 e. The number of alkyl halides is 3. The van der Waals surface area contributed by atoms with E-state index in [9.17, 15) is 43.9 Å². The van der Waals surface area contributed by atoms with E-state index in [-0.39, 0.29) is 11.4 Å². The minimum absolute atomic E-state index is 0.276. The van der Waals surface area contributed by atoms with Crippen LogP contribution >= 0.6 is 0 Å². The molecule has 14 heteroatoms. The standard InChI is InChI=1S/C15H8F7NO5S/c1-27-7-4-2-6(3-5-7)23-29(25,26)13-10(18)8(16)12(9(17)11(13)19)28-14(24)15(20,21)22/h2-5,23H,1H3. The van der Waals surface area contributed by atoms with Gasteiger partial charge in [0.15, 0.2) is 16.5 Å². The Bertz CT molecular complexity index is 1020. The van der Waals surface area contributed by atoms with Crippen molar-refractivity contribution < 1.29 is 53.4 Å². The molecule has 158 valence electrons. The first-order chi connectivity index (χ1) is 13.3. The van der Waals surface area contributed by atoms with Crippen LogP contribution in [0.15, 0.2) is 29.2 Å². The van der Waals surface area contributed by atoms with Crippen molar-refractivity contribution in [2.24, 2.45) is 0 Å². The van der Waals surface area contributed by atoms with Gasteiger partial charge >= 0.3 is 12.1 Å². The van der Waals surface area contributed by atoms with Crippen LogP contribution in [-0.2, 0) is 14.8 Å². The summed E-state index contributed by atoms with van der Waals surface area (Å²) >= 11 is 0. The van der Waals surface area contributed by atoms with Crippen LogP contribution in [0.25, 0.3) is 0 Å². The summed E-state index contributed by atoms with van der Waals surface area (Å²) < 4.78 is 126. The minimum atomic E-state index is -5.74. The first-order valence-electron chi connectivity index (χ1n) is 7.11. The van der Waals surface area contributed by atoms with Gasteiger partial charge < -0.3 is 9.47 Å². The Labute approximate surface area is 157 Å². The Kier molecular flexibility index (Phi) is 5.96. The SMILES string of the molecule is COc1ccc(NS(=O)(=O)c2c(F)c(F)c(OC(=O)C(F)(F)F)c(F)c2F)cc1. The van der Waals surface area contributed by atoms with Crippen molar-refractivity contribution in [1.82, 2.24) is 0 Å². The van der Waals surface area contributed by atoms with Crippen LogP contribution < -0.4 is 14.2 Å². The summed E-state index contributed by atoms with van der Waals surface area (Å²) in [6.07, 6.45) is -5.74. The van der Waals surface area contributed by atoms with Crippen LogP contribution in [0.5, 0.6) is 11.5 Å². The highest BCUT2D eigenvalue weighted by molar-refractivity contribution is 7.92. The minimum Gasteiger partial charge on any atom is -0.497 e. The number of hydrogen-bond acceptors (Lipinski definition) is 5. The molecule has 2 aromatic carbocycles. The molecule has 0 atom stereocenters. The normalized spacial score (nSPS) is 11.9. The van der Waals surface area contributed by atoms with Gasteiger partial charge in [0.05, 0.1) is 7.11 Å². The number of hydrogen-bond donors (Lipinski definition) is 1. The quantitative estimate of drug-likeness (QED) is 0.328. The van der Waals surface area contributed by atoms with E-state index in [1.165, 1.54) is 19.2 Å². The van der Waals surface area contributed by atoms with E-state index in [0.717, 1.165) is 12.1 Å². The van der Waals surface area contributed by atoms with Crippen molar-refractivity contribution in [2.75, 3.05) is 11.8 Å². The summed E-state index contributed by atoms with van der Waals surface area (Å²) in [5.41, 5.74) is -0.294. The number of rotatable bonds is 5. The van der Waals surface area contributed by atoms with Crippen LogP contribution in [-0.4, -0.2) is 27.7 Å². The number of anilines is 1. The third-order valence-electron chi connectivity index (χ3n) is 3.22. The third-order valence-corrected chi connectivity index (χ3v) is 4.62. The van der Waals surface area contributed by atoms with Crippen LogP contribution in [0, 0.1) is 23.3 Å². The van der Waals surface area contributed by atoms with Gasteiger partial charge in [-0.1, -0.05) is 0 Å². The number of benzene rings is 2. The van der Waals surface area contributed by atoms with E-state index in [0.29, 0.717) is 0 Å². The second-order valence-corrected chi connectivity index (χ2v) is 6.75. The molecule has 1 N–H and O–H groups in total. The van der Waals surface area contributed by atoms with Crippen LogP contribution in [0.4, 0.5) is 36.4 Å². The first kappa shape index (κ1) is 22.3. The van der Waals surface area contributed by atoms with E-state index in [4.69, 9.17) is 4.74 Å². The molecule has 0 unspecified atom stereocenters. The second kappa shape index (κ2) is 7.77. The highest BCUT2D eigenvalue weighted by atomic mass is 32.2. The van der Waals surface area contributed by atoms with E-state index >= 15 is 0 Å². The fraction of sp³-hybridized carbons (Fsp3) is 0.133. The Morgan fingerprint density at radius 3 is 1.83 bits per heavy atom. The molecule has 29 heavy (non-hydrogen) atoms. The molecule has 0 aliphatic carbocycles.